The monoisotopic (exact) mass is 428 g/mol. The molecule has 2 fully saturated rings. The zero-order valence-electron chi connectivity index (χ0n) is 15.3. The Labute approximate surface area is 208 Å². The summed E-state index contributed by atoms with van der Waals surface area (Å²) >= 11 is 2.47. The Kier molecular flexibility index (Phi) is 8.48. The molecule has 2 amide bonds. The summed E-state index contributed by atoms with van der Waals surface area (Å²) in [7, 11) is 0. The van der Waals surface area contributed by atoms with E-state index in [9.17, 15) is 29.4 Å². The number of carboxylic acid groups (broad SMARTS) is 2. The van der Waals surface area contributed by atoms with Crippen LogP contribution in [0.4, 0.5) is 0 Å². The van der Waals surface area contributed by atoms with Crippen LogP contribution in [0.3, 0.4) is 0 Å². The zero-order valence-corrected chi connectivity index (χ0v) is 20.9. The van der Waals surface area contributed by atoms with Crippen LogP contribution in [0, 0.1) is 0 Å². The molecule has 2 aliphatic rings. The van der Waals surface area contributed by atoms with Gasteiger partial charge in [0, 0.05) is 4.75 Å². The third-order valence-electron chi connectivity index (χ3n) is 4.34. The molecule has 3 rings (SSSR count). The molecule has 0 aromatic carbocycles. The Balaban J connectivity index is 0.00000182. The fraction of sp³-hybridized carbons (Fsp3) is 0.467. The number of β-lactam (4-membered cyclic amide) rings is 1. The molecule has 0 radical (unpaired) electrons. The molecular formula is C15H14N2Na2O6S2. The van der Waals surface area contributed by atoms with E-state index >= 15 is 0 Å². The molecule has 3 heterocycles. The largest absolute Gasteiger partial charge is 1.00 e. The van der Waals surface area contributed by atoms with Crippen LogP contribution in [0.2, 0.25) is 0 Å². The molecule has 4 atom stereocenters. The summed E-state index contributed by atoms with van der Waals surface area (Å²) in [6, 6.07) is -0.572. The molecule has 1 N–H and O–H groups in total. The summed E-state index contributed by atoms with van der Waals surface area (Å²) in [6.45, 7) is 3.36. The number of thiophene rings is 1. The number of carbonyl (C=O) groups is 4. The van der Waals surface area contributed by atoms with Crippen molar-refractivity contribution in [1.82, 2.24) is 10.2 Å². The van der Waals surface area contributed by atoms with Crippen LogP contribution in [0.25, 0.3) is 0 Å². The number of amides is 2. The van der Waals surface area contributed by atoms with Crippen molar-refractivity contribution in [3.8, 4) is 0 Å². The molecule has 12 heteroatoms. The van der Waals surface area contributed by atoms with Crippen molar-refractivity contribution in [3.05, 3.63) is 22.4 Å². The second-order valence-corrected chi connectivity index (χ2v) is 8.92. The van der Waals surface area contributed by atoms with Crippen molar-refractivity contribution in [3.63, 3.8) is 0 Å². The van der Waals surface area contributed by atoms with Gasteiger partial charge in [0.05, 0.1) is 18.0 Å². The van der Waals surface area contributed by atoms with E-state index in [4.69, 9.17) is 0 Å². The number of carbonyl (C=O) groups excluding carboxylic acids is 4. The quantitative estimate of drug-likeness (QED) is 0.280. The van der Waals surface area contributed by atoms with E-state index in [-0.39, 0.29) is 64.7 Å². The van der Waals surface area contributed by atoms with Gasteiger partial charge in [0.25, 0.3) is 0 Å². The maximum atomic E-state index is 12.4. The van der Waals surface area contributed by atoms with Gasteiger partial charge < -0.3 is 30.0 Å². The molecule has 0 spiro atoms. The summed E-state index contributed by atoms with van der Waals surface area (Å²) in [4.78, 5) is 48.5. The number of rotatable bonds is 5. The number of aliphatic carboxylic acids is 2. The molecule has 134 valence electrons. The number of fused-ring (bicyclic) bond motifs is 1. The number of hydrogen-bond acceptors (Lipinski definition) is 8. The van der Waals surface area contributed by atoms with Gasteiger partial charge in [-0.15, -0.1) is 11.8 Å². The van der Waals surface area contributed by atoms with Crippen LogP contribution in [-0.2, 0) is 19.2 Å². The predicted octanol–water partition coefficient (Wildman–Crippen LogP) is -8.11. The molecule has 1 aromatic rings. The molecule has 1 aromatic heterocycles. The Morgan fingerprint density at radius 1 is 1.26 bits per heavy atom. The normalized spacial score (nSPS) is 25.9. The smallest absolute Gasteiger partial charge is 0.549 e. The SMILES string of the molecule is CC1(C)S[C@@H]2[C@H](NC(=O)[C@H](C(=O)[O-])c3ccsc3)C(=O)N2[C@H]1C(=O)[O-].[Na+].[Na+]. The molecule has 2 aliphatic heterocycles. The average molecular weight is 428 g/mol. The Bertz CT molecular complexity index is 757. The van der Waals surface area contributed by atoms with Crippen LogP contribution in [0.15, 0.2) is 16.8 Å². The van der Waals surface area contributed by atoms with Crippen molar-refractivity contribution in [2.24, 2.45) is 0 Å². The molecule has 8 nitrogen and oxygen atoms in total. The van der Waals surface area contributed by atoms with Gasteiger partial charge >= 0.3 is 59.1 Å². The third kappa shape index (κ3) is 4.42. The van der Waals surface area contributed by atoms with Crippen LogP contribution in [-0.4, -0.2) is 50.9 Å². The first kappa shape index (κ1) is 25.0. The van der Waals surface area contributed by atoms with Gasteiger partial charge in [-0.2, -0.15) is 11.3 Å². The Hall–Kier alpha value is -0.0700. The molecule has 0 bridgehead atoms. The van der Waals surface area contributed by atoms with E-state index in [2.05, 4.69) is 5.32 Å². The average Bonchev–Trinajstić information content (AvgIpc) is 3.09. The van der Waals surface area contributed by atoms with Gasteiger partial charge in [0.15, 0.2) is 0 Å². The van der Waals surface area contributed by atoms with E-state index in [0.29, 0.717) is 0 Å². The van der Waals surface area contributed by atoms with Crippen LogP contribution in [0.1, 0.15) is 25.3 Å². The fourth-order valence-electron chi connectivity index (χ4n) is 3.20. The molecular weight excluding hydrogens is 414 g/mol. The van der Waals surface area contributed by atoms with Crippen molar-refractivity contribution in [2.75, 3.05) is 0 Å². The van der Waals surface area contributed by atoms with Gasteiger partial charge in [0.2, 0.25) is 11.8 Å². The van der Waals surface area contributed by atoms with E-state index in [1.165, 1.54) is 39.4 Å². The van der Waals surface area contributed by atoms with Gasteiger partial charge in [-0.25, -0.2) is 0 Å². The van der Waals surface area contributed by atoms with Crippen molar-refractivity contribution in [2.45, 2.75) is 42.0 Å². The summed E-state index contributed by atoms with van der Waals surface area (Å²) < 4.78 is -0.778. The second-order valence-electron chi connectivity index (χ2n) is 6.37. The summed E-state index contributed by atoms with van der Waals surface area (Å²) in [5, 5.41) is 27.7. The topological polar surface area (TPSA) is 130 Å². The van der Waals surface area contributed by atoms with Crippen molar-refractivity contribution in [1.29, 1.82) is 0 Å². The number of hydrogen-bond donors (Lipinski definition) is 1. The minimum absolute atomic E-state index is 0. The molecule has 0 unspecified atom stereocenters. The molecule has 0 aliphatic carbocycles. The summed E-state index contributed by atoms with van der Waals surface area (Å²) in [5.74, 6) is -5.86. The van der Waals surface area contributed by atoms with Crippen molar-refractivity contribution >= 4 is 46.9 Å². The van der Waals surface area contributed by atoms with Crippen LogP contribution < -0.4 is 74.6 Å². The maximum absolute atomic E-state index is 12.4. The number of nitrogens with zero attached hydrogens (tertiary/aromatic N) is 1. The predicted molar refractivity (Wildman–Crippen MR) is 85.1 cm³/mol. The van der Waals surface area contributed by atoms with Crippen molar-refractivity contribution < 1.29 is 88.5 Å². The fourth-order valence-corrected chi connectivity index (χ4v) is 5.50. The Morgan fingerprint density at radius 2 is 1.89 bits per heavy atom. The van der Waals surface area contributed by atoms with Gasteiger partial charge in [-0.1, -0.05) is 0 Å². The summed E-state index contributed by atoms with van der Waals surface area (Å²) in [5.41, 5.74) is 0.276. The maximum Gasteiger partial charge on any atom is 1.00 e. The van der Waals surface area contributed by atoms with Gasteiger partial charge in [-0.3, -0.25) is 9.59 Å². The summed E-state index contributed by atoms with van der Waals surface area (Å²) in [6.07, 6.45) is 0. The van der Waals surface area contributed by atoms with E-state index in [0.717, 1.165) is 0 Å². The zero-order chi connectivity index (χ0) is 18.5. The first-order valence-corrected chi connectivity index (χ1v) is 9.21. The van der Waals surface area contributed by atoms with Crippen LogP contribution >= 0.6 is 23.1 Å². The van der Waals surface area contributed by atoms with Gasteiger partial charge in [0.1, 0.15) is 17.3 Å². The third-order valence-corrected chi connectivity index (χ3v) is 6.61. The van der Waals surface area contributed by atoms with Gasteiger partial charge in [-0.05, 0) is 36.2 Å². The first-order chi connectivity index (χ1) is 11.6. The Morgan fingerprint density at radius 3 is 2.37 bits per heavy atom. The number of thioether (sulfide) groups is 1. The standard InChI is InChI=1S/C15H16N2O6S2.2Na/c1-15(2)9(14(22)23)17-11(19)8(12(17)25-15)16-10(18)7(13(20)21)6-3-4-24-5-6;;/h3-5,7-9,12H,1-2H3,(H,16,18)(H,20,21)(H,22,23);;/q;2*+1/p-2/t7-,8-,9+,12-;;/m1../s1. The number of carboxylic acids is 2. The molecule has 0 saturated carbocycles. The van der Waals surface area contributed by atoms with E-state index in [1.54, 1.807) is 19.2 Å². The van der Waals surface area contributed by atoms with Crippen LogP contribution in [0.5, 0.6) is 0 Å². The molecule has 27 heavy (non-hydrogen) atoms. The molecule has 2 saturated heterocycles. The first-order valence-electron chi connectivity index (χ1n) is 7.39. The minimum atomic E-state index is -1.56. The minimum Gasteiger partial charge on any atom is -0.549 e. The van der Waals surface area contributed by atoms with E-state index in [1.807, 2.05) is 0 Å². The number of nitrogens with one attached hydrogen (secondary N) is 1. The second kappa shape index (κ2) is 9.17. The van der Waals surface area contributed by atoms with E-state index < -0.39 is 51.9 Å².